The molecule has 0 spiro atoms. The van der Waals surface area contributed by atoms with E-state index in [0.29, 0.717) is 17.3 Å². The van der Waals surface area contributed by atoms with Crippen LogP contribution in [0, 0.1) is 0 Å². The van der Waals surface area contributed by atoms with Gasteiger partial charge in [-0.1, -0.05) is 18.2 Å². The Balaban J connectivity index is 1.99. The molecule has 0 radical (unpaired) electrons. The first-order chi connectivity index (χ1) is 9.84. The van der Waals surface area contributed by atoms with Crippen LogP contribution in [0.3, 0.4) is 0 Å². The topological polar surface area (TPSA) is 71.2 Å². The molecular weight excluding hydrogens is 254 g/mol. The monoisotopic (exact) mass is 267 g/mol. The third-order valence-electron chi connectivity index (χ3n) is 2.91. The molecule has 5 nitrogen and oxygen atoms in total. The van der Waals surface area contributed by atoms with Gasteiger partial charge in [0, 0.05) is 18.0 Å². The fraction of sp³-hybridized carbons (Fsp3) is 0.0667. The van der Waals surface area contributed by atoms with E-state index < -0.39 is 0 Å². The van der Waals surface area contributed by atoms with Gasteiger partial charge in [0.15, 0.2) is 0 Å². The number of nitrogens with one attached hydrogen (secondary N) is 1. The van der Waals surface area contributed by atoms with Crippen LogP contribution in [0.4, 0.5) is 5.95 Å². The first kappa shape index (κ1) is 12.2. The lowest BCUT2D eigenvalue weighted by Gasteiger charge is -2.17. The van der Waals surface area contributed by atoms with Crippen LogP contribution in [0.15, 0.2) is 65.5 Å². The summed E-state index contributed by atoms with van der Waals surface area (Å²) in [7, 11) is 0. The van der Waals surface area contributed by atoms with E-state index >= 15 is 0 Å². The molecule has 0 saturated carbocycles. The molecule has 0 fully saturated rings. The molecule has 0 aliphatic carbocycles. The van der Waals surface area contributed by atoms with Crippen LogP contribution < -0.4 is 5.32 Å². The van der Waals surface area contributed by atoms with Crippen molar-refractivity contribution in [3.63, 3.8) is 0 Å². The Morgan fingerprint density at radius 2 is 1.80 bits per heavy atom. The van der Waals surface area contributed by atoms with E-state index in [1.54, 1.807) is 42.9 Å². The summed E-state index contributed by atoms with van der Waals surface area (Å²) in [5.74, 6) is 1.34. The molecule has 2 aromatic heterocycles. The Morgan fingerprint density at radius 3 is 2.50 bits per heavy atom. The standard InChI is InChI=1S/C15H13N3O2/c19-12-6-2-1-5-11(12)14(13-7-3-10-20-13)18-15-16-8-4-9-17-15/h1-10,14,19H,(H,16,17,18)/t14-/m1/s1. The SMILES string of the molecule is Oc1ccccc1[C@@H](Nc1ncccn1)c1ccco1. The molecule has 3 rings (SSSR count). The number of aromatic nitrogens is 2. The highest BCUT2D eigenvalue weighted by molar-refractivity contribution is 5.44. The highest BCUT2D eigenvalue weighted by Gasteiger charge is 2.20. The maximum absolute atomic E-state index is 10.0. The van der Waals surface area contributed by atoms with Crippen LogP contribution in [0.1, 0.15) is 17.4 Å². The van der Waals surface area contributed by atoms with E-state index in [2.05, 4.69) is 15.3 Å². The minimum absolute atomic E-state index is 0.192. The van der Waals surface area contributed by atoms with E-state index in [1.165, 1.54) is 0 Å². The zero-order valence-electron chi connectivity index (χ0n) is 10.6. The lowest BCUT2D eigenvalue weighted by Crippen LogP contribution is -2.13. The largest absolute Gasteiger partial charge is 0.508 e. The Kier molecular flexibility index (Phi) is 3.33. The molecule has 1 aromatic carbocycles. The molecule has 0 amide bonds. The molecule has 1 atom stereocenters. The number of phenols is 1. The van der Waals surface area contributed by atoms with E-state index in [1.807, 2.05) is 18.2 Å². The summed E-state index contributed by atoms with van der Waals surface area (Å²) < 4.78 is 5.45. The molecular formula is C15H13N3O2. The number of para-hydroxylation sites is 1. The number of phenolic OH excluding ortho intramolecular Hbond substituents is 1. The van der Waals surface area contributed by atoms with Crippen molar-refractivity contribution in [2.45, 2.75) is 6.04 Å². The molecule has 0 aliphatic heterocycles. The summed E-state index contributed by atoms with van der Waals surface area (Å²) in [4.78, 5) is 8.28. The second-order valence-corrected chi connectivity index (χ2v) is 4.22. The molecule has 5 heteroatoms. The zero-order chi connectivity index (χ0) is 13.8. The predicted molar refractivity (Wildman–Crippen MR) is 74.3 cm³/mol. The summed E-state index contributed by atoms with van der Waals surface area (Å²) in [6.07, 6.45) is 4.90. The molecule has 2 N–H and O–H groups in total. The van der Waals surface area contributed by atoms with Gasteiger partial charge >= 0.3 is 0 Å². The van der Waals surface area contributed by atoms with Crippen molar-refractivity contribution in [1.29, 1.82) is 0 Å². The molecule has 0 bridgehead atoms. The number of rotatable bonds is 4. The number of benzene rings is 1. The molecule has 0 unspecified atom stereocenters. The van der Waals surface area contributed by atoms with E-state index in [0.717, 1.165) is 0 Å². The number of anilines is 1. The van der Waals surface area contributed by atoms with E-state index in [9.17, 15) is 5.11 Å². The van der Waals surface area contributed by atoms with Gasteiger partial charge in [-0.3, -0.25) is 0 Å². The van der Waals surface area contributed by atoms with Gasteiger partial charge < -0.3 is 14.8 Å². The molecule has 3 aromatic rings. The van der Waals surface area contributed by atoms with Crippen LogP contribution in [-0.2, 0) is 0 Å². The van der Waals surface area contributed by atoms with Crippen molar-refractivity contribution in [2.75, 3.05) is 5.32 Å². The molecule has 0 aliphatic rings. The Morgan fingerprint density at radius 1 is 1.00 bits per heavy atom. The minimum Gasteiger partial charge on any atom is -0.508 e. The highest BCUT2D eigenvalue weighted by atomic mass is 16.3. The van der Waals surface area contributed by atoms with Gasteiger partial charge in [0.1, 0.15) is 17.6 Å². The summed E-state index contributed by atoms with van der Waals surface area (Å²) in [6.45, 7) is 0. The average Bonchev–Trinajstić information content (AvgIpc) is 3.01. The van der Waals surface area contributed by atoms with Crippen molar-refractivity contribution in [3.8, 4) is 5.75 Å². The van der Waals surface area contributed by atoms with Gasteiger partial charge in [-0.15, -0.1) is 0 Å². The van der Waals surface area contributed by atoms with Gasteiger partial charge in [0.05, 0.1) is 6.26 Å². The quantitative estimate of drug-likeness (QED) is 0.760. The van der Waals surface area contributed by atoms with Gasteiger partial charge in [-0.25, -0.2) is 9.97 Å². The second kappa shape index (κ2) is 5.44. The molecule has 20 heavy (non-hydrogen) atoms. The van der Waals surface area contributed by atoms with Crippen LogP contribution >= 0.6 is 0 Å². The van der Waals surface area contributed by atoms with Crippen molar-refractivity contribution in [2.24, 2.45) is 0 Å². The van der Waals surface area contributed by atoms with Crippen molar-refractivity contribution in [1.82, 2.24) is 9.97 Å². The third kappa shape index (κ3) is 2.47. The fourth-order valence-electron chi connectivity index (χ4n) is 1.99. The van der Waals surface area contributed by atoms with Gasteiger partial charge in [0.2, 0.25) is 5.95 Å². The number of furan rings is 1. The number of hydrogen-bond acceptors (Lipinski definition) is 5. The Hall–Kier alpha value is -2.82. The maximum atomic E-state index is 10.0. The normalized spacial score (nSPS) is 12.0. The minimum atomic E-state index is -0.353. The van der Waals surface area contributed by atoms with Gasteiger partial charge in [-0.2, -0.15) is 0 Å². The highest BCUT2D eigenvalue weighted by Crippen LogP contribution is 2.31. The predicted octanol–water partition coefficient (Wildman–Crippen LogP) is 2.98. The van der Waals surface area contributed by atoms with E-state index in [-0.39, 0.29) is 11.8 Å². The molecule has 2 heterocycles. The smallest absolute Gasteiger partial charge is 0.223 e. The first-order valence-corrected chi connectivity index (χ1v) is 6.19. The van der Waals surface area contributed by atoms with Crippen LogP contribution in [-0.4, -0.2) is 15.1 Å². The number of nitrogens with zero attached hydrogens (tertiary/aromatic N) is 2. The lowest BCUT2D eigenvalue weighted by atomic mass is 10.0. The van der Waals surface area contributed by atoms with Crippen LogP contribution in [0.25, 0.3) is 0 Å². The number of aromatic hydroxyl groups is 1. The molecule has 0 saturated heterocycles. The summed E-state index contributed by atoms with van der Waals surface area (Å²) in [5, 5.41) is 13.2. The van der Waals surface area contributed by atoms with Crippen molar-refractivity contribution in [3.05, 3.63) is 72.4 Å². The fourth-order valence-corrected chi connectivity index (χ4v) is 1.99. The lowest BCUT2D eigenvalue weighted by molar-refractivity contribution is 0.454. The molecule has 100 valence electrons. The number of hydrogen-bond donors (Lipinski definition) is 2. The van der Waals surface area contributed by atoms with Crippen LogP contribution in [0.2, 0.25) is 0 Å². The Bertz CT molecular complexity index is 669. The summed E-state index contributed by atoms with van der Waals surface area (Å²) in [6, 6.07) is 12.1. The Labute approximate surface area is 115 Å². The van der Waals surface area contributed by atoms with Gasteiger partial charge in [0.25, 0.3) is 0 Å². The second-order valence-electron chi connectivity index (χ2n) is 4.22. The van der Waals surface area contributed by atoms with Crippen LogP contribution in [0.5, 0.6) is 5.75 Å². The maximum Gasteiger partial charge on any atom is 0.223 e. The summed E-state index contributed by atoms with van der Waals surface area (Å²) in [5.41, 5.74) is 0.704. The summed E-state index contributed by atoms with van der Waals surface area (Å²) >= 11 is 0. The average molecular weight is 267 g/mol. The zero-order valence-corrected chi connectivity index (χ0v) is 10.6. The van der Waals surface area contributed by atoms with E-state index in [4.69, 9.17) is 4.42 Å². The first-order valence-electron chi connectivity index (χ1n) is 6.19. The van der Waals surface area contributed by atoms with Gasteiger partial charge in [-0.05, 0) is 24.3 Å². The van der Waals surface area contributed by atoms with Crippen molar-refractivity contribution >= 4 is 5.95 Å². The third-order valence-corrected chi connectivity index (χ3v) is 2.91. The van der Waals surface area contributed by atoms with Crippen molar-refractivity contribution < 1.29 is 9.52 Å².